The van der Waals surface area contributed by atoms with Gasteiger partial charge in [0.1, 0.15) is 0 Å². The van der Waals surface area contributed by atoms with Crippen molar-refractivity contribution >= 4 is 28.5 Å². The first-order chi connectivity index (χ1) is 9.93. The number of hydrogen-bond acceptors (Lipinski definition) is 2. The molecule has 4 rings (SSSR count). The topological polar surface area (TPSA) is 15.6 Å². The summed E-state index contributed by atoms with van der Waals surface area (Å²) in [5, 5.41) is 2.62. The molecule has 2 nitrogen and oxygen atoms in total. The molecule has 1 aliphatic carbocycles. The van der Waals surface area contributed by atoms with Crippen LogP contribution in [0.15, 0.2) is 41.4 Å². The summed E-state index contributed by atoms with van der Waals surface area (Å²) in [4.78, 5) is 7.13. The Morgan fingerprint density at radius 1 is 0.900 bits per heavy atom. The molecule has 0 amide bonds. The Hall–Kier alpha value is -1.83. The Bertz CT molecular complexity index is 646. The molecule has 0 bridgehead atoms. The average molecular weight is 264 g/mol. The van der Waals surface area contributed by atoms with E-state index < -0.39 is 0 Å². The van der Waals surface area contributed by atoms with Gasteiger partial charge in [-0.25, -0.2) is 4.99 Å². The summed E-state index contributed by atoms with van der Waals surface area (Å²) in [7, 11) is 0. The normalized spacial score (nSPS) is 19.3. The fourth-order valence-electron chi connectivity index (χ4n) is 3.64. The van der Waals surface area contributed by atoms with Crippen LogP contribution in [0.25, 0.3) is 10.8 Å². The van der Waals surface area contributed by atoms with E-state index in [2.05, 4.69) is 47.6 Å². The van der Waals surface area contributed by atoms with E-state index in [1.165, 1.54) is 55.0 Å². The monoisotopic (exact) mass is 264 g/mol. The summed E-state index contributed by atoms with van der Waals surface area (Å²) in [6.07, 6.45) is 10.1. The number of rotatable bonds is 1. The van der Waals surface area contributed by atoms with Crippen molar-refractivity contribution in [3.63, 3.8) is 0 Å². The molecule has 0 radical (unpaired) electrons. The van der Waals surface area contributed by atoms with E-state index in [-0.39, 0.29) is 0 Å². The Morgan fingerprint density at radius 2 is 1.65 bits per heavy atom. The minimum Gasteiger partial charge on any atom is -0.329 e. The van der Waals surface area contributed by atoms with Crippen LogP contribution in [0.5, 0.6) is 0 Å². The molecule has 0 aromatic heterocycles. The first kappa shape index (κ1) is 12.0. The molecule has 1 heterocycles. The van der Waals surface area contributed by atoms with Crippen molar-refractivity contribution in [3.05, 3.63) is 36.4 Å². The molecule has 20 heavy (non-hydrogen) atoms. The molecule has 102 valence electrons. The lowest BCUT2D eigenvalue weighted by Gasteiger charge is -2.32. The number of hydrogen-bond donors (Lipinski definition) is 0. The molecule has 0 atom stereocenters. The van der Waals surface area contributed by atoms with Gasteiger partial charge in [0.15, 0.2) is 0 Å². The summed E-state index contributed by atoms with van der Waals surface area (Å²) in [6.45, 7) is 0. The molecule has 1 saturated carbocycles. The lowest BCUT2D eigenvalue weighted by molar-refractivity contribution is 0.581. The third-order valence-corrected chi connectivity index (χ3v) is 4.68. The molecule has 0 unspecified atom stereocenters. The maximum atomic E-state index is 4.70. The van der Waals surface area contributed by atoms with Gasteiger partial charge in [0.2, 0.25) is 0 Å². The highest BCUT2D eigenvalue weighted by molar-refractivity contribution is 6.09. The molecule has 2 aromatic rings. The first-order valence-electron chi connectivity index (χ1n) is 7.78. The molecule has 2 aliphatic rings. The van der Waals surface area contributed by atoms with E-state index in [0.29, 0.717) is 6.04 Å². The van der Waals surface area contributed by atoms with E-state index >= 15 is 0 Å². The van der Waals surface area contributed by atoms with Crippen molar-refractivity contribution < 1.29 is 0 Å². The van der Waals surface area contributed by atoms with Crippen LogP contribution in [-0.4, -0.2) is 12.4 Å². The van der Waals surface area contributed by atoms with Crippen molar-refractivity contribution in [2.75, 3.05) is 4.90 Å². The van der Waals surface area contributed by atoms with Gasteiger partial charge >= 0.3 is 0 Å². The molecule has 2 heteroatoms. The maximum Gasteiger partial charge on any atom is 0.0959 e. The van der Waals surface area contributed by atoms with E-state index in [1.807, 2.05) is 0 Å². The predicted octanol–water partition coefficient (Wildman–Crippen LogP) is 5.04. The van der Waals surface area contributed by atoms with Crippen molar-refractivity contribution in [1.29, 1.82) is 0 Å². The van der Waals surface area contributed by atoms with Crippen LogP contribution in [0.4, 0.5) is 11.4 Å². The molecule has 1 aliphatic heterocycles. The zero-order valence-electron chi connectivity index (χ0n) is 11.8. The molecule has 0 saturated heterocycles. The van der Waals surface area contributed by atoms with E-state index in [4.69, 9.17) is 4.99 Å². The zero-order valence-corrected chi connectivity index (χ0v) is 11.8. The number of benzene rings is 2. The number of anilines is 1. The SMILES string of the molecule is C1=Nc2cccc3cccc(c23)N1C1CCCCCC1. The Balaban J connectivity index is 1.81. The van der Waals surface area contributed by atoms with Gasteiger partial charge in [-0.05, 0) is 30.4 Å². The molecule has 2 aromatic carbocycles. The predicted molar refractivity (Wildman–Crippen MR) is 86.1 cm³/mol. The maximum absolute atomic E-state index is 4.70. The van der Waals surface area contributed by atoms with Gasteiger partial charge in [-0.1, -0.05) is 49.9 Å². The number of nitrogens with zero attached hydrogens (tertiary/aromatic N) is 2. The minimum absolute atomic E-state index is 0.625. The highest BCUT2D eigenvalue weighted by Crippen LogP contribution is 2.39. The van der Waals surface area contributed by atoms with Gasteiger partial charge in [0, 0.05) is 11.4 Å². The quantitative estimate of drug-likeness (QED) is 0.659. The summed E-state index contributed by atoms with van der Waals surface area (Å²) in [5.41, 5.74) is 2.46. The van der Waals surface area contributed by atoms with Gasteiger partial charge in [-0.15, -0.1) is 0 Å². The second-order valence-electron chi connectivity index (χ2n) is 5.95. The lowest BCUT2D eigenvalue weighted by Crippen LogP contribution is -2.34. The van der Waals surface area contributed by atoms with Gasteiger partial charge in [-0.2, -0.15) is 0 Å². The first-order valence-corrected chi connectivity index (χ1v) is 7.78. The Kier molecular flexibility index (Phi) is 2.95. The van der Waals surface area contributed by atoms with Gasteiger partial charge in [0.25, 0.3) is 0 Å². The van der Waals surface area contributed by atoms with Crippen LogP contribution < -0.4 is 4.90 Å². The van der Waals surface area contributed by atoms with Crippen LogP contribution in [0.2, 0.25) is 0 Å². The van der Waals surface area contributed by atoms with E-state index in [0.717, 1.165) is 5.69 Å². The van der Waals surface area contributed by atoms with Crippen LogP contribution in [-0.2, 0) is 0 Å². The minimum atomic E-state index is 0.625. The van der Waals surface area contributed by atoms with Crippen molar-refractivity contribution in [3.8, 4) is 0 Å². The van der Waals surface area contributed by atoms with Crippen molar-refractivity contribution in [2.24, 2.45) is 4.99 Å². The molecular weight excluding hydrogens is 244 g/mol. The fraction of sp³-hybridized carbons (Fsp3) is 0.389. The van der Waals surface area contributed by atoms with Crippen LogP contribution in [0.1, 0.15) is 38.5 Å². The highest BCUT2D eigenvalue weighted by atomic mass is 15.2. The van der Waals surface area contributed by atoms with Crippen LogP contribution >= 0.6 is 0 Å². The molecule has 0 spiro atoms. The Labute approximate surface area is 120 Å². The molecule has 0 N–H and O–H groups in total. The standard InChI is InChI=1S/C18H20N2/c1-2-4-10-15(9-3-1)20-13-19-16-11-5-7-14-8-6-12-17(20)18(14)16/h5-8,11-13,15H,1-4,9-10H2. The average Bonchev–Trinajstić information content (AvgIpc) is 2.77. The van der Waals surface area contributed by atoms with Crippen molar-refractivity contribution in [1.82, 2.24) is 0 Å². The number of aliphatic imine (C=N–C) groups is 1. The van der Waals surface area contributed by atoms with E-state index in [1.54, 1.807) is 0 Å². The zero-order chi connectivity index (χ0) is 13.4. The van der Waals surface area contributed by atoms with Crippen molar-refractivity contribution in [2.45, 2.75) is 44.6 Å². The van der Waals surface area contributed by atoms with Gasteiger partial charge < -0.3 is 4.90 Å². The summed E-state index contributed by atoms with van der Waals surface area (Å²) >= 11 is 0. The summed E-state index contributed by atoms with van der Waals surface area (Å²) < 4.78 is 0. The van der Waals surface area contributed by atoms with Crippen LogP contribution in [0, 0.1) is 0 Å². The second kappa shape index (κ2) is 4.93. The largest absolute Gasteiger partial charge is 0.329 e. The molecular formula is C18H20N2. The summed E-state index contributed by atoms with van der Waals surface area (Å²) in [5.74, 6) is 0. The fourth-order valence-corrected chi connectivity index (χ4v) is 3.64. The smallest absolute Gasteiger partial charge is 0.0959 e. The highest BCUT2D eigenvalue weighted by Gasteiger charge is 2.23. The third-order valence-electron chi connectivity index (χ3n) is 4.68. The molecule has 1 fully saturated rings. The third kappa shape index (κ3) is 1.91. The lowest BCUT2D eigenvalue weighted by atomic mass is 10.0. The second-order valence-corrected chi connectivity index (χ2v) is 5.95. The van der Waals surface area contributed by atoms with E-state index in [9.17, 15) is 0 Å². The van der Waals surface area contributed by atoms with Crippen LogP contribution in [0.3, 0.4) is 0 Å². The van der Waals surface area contributed by atoms with Gasteiger partial charge in [0.05, 0.1) is 17.7 Å². The Morgan fingerprint density at radius 3 is 2.45 bits per heavy atom. The summed E-state index contributed by atoms with van der Waals surface area (Å²) in [6, 6.07) is 13.6. The van der Waals surface area contributed by atoms with Gasteiger partial charge in [-0.3, -0.25) is 0 Å².